The normalized spacial score (nSPS) is 12.6. The van der Waals surface area contributed by atoms with Crippen LogP contribution in [0.4, 0.5) is 18.0 Å². The molecule has 1 rings (SSSR count). The van der Waals surface area contributed by atoms with Crippen LogP contribution >= 0.6 is 0 Å². The van der Waals surface area contributed by atoms with Crippen molar-refractivity contribution in [2.75, 3.05) is 13.7 Å². The zero-order chi connectivity index (χ0) is 16.9. The van der Waals surface area contributed by atoms with Crippen molar-refractivity contribution in [2.24, 2.45) is 0 Å². The van der Waals surface area contributed by atoms with Crippen molar-refractivity contribution in [3.05, 3.63) is 17.5 Å². The van der Waals surface area contributed by atoms with Gasteiger partial charge in [-0.2, -0.15) is 18.3 Å². The van der Waals surface area contributed by atoms with Gasteiger partial charge in [-0.1, -0.05) is 0 Å². The first-order chi connectivity index (χ1) is 10.1. The highest BCUT2D eigenvalue weighted by Gasteiger charge is 2.34. The fraction of sp³-hybridized carbons (Fsp3) is 0.583. The fourth-order valence-electron chi connectivity index (χ4n) is 1.61. The second-order valence-corrected chi connectivity index (χ2v) is 4.54. The first kappa shape index (κ1) is 17.8. The molecular formula is C12H17F3N4O3. The van der Waals surface area contributed by atoms with Crippen LogP contribution in [0.1, 0.15) is 18.3 Å². The number of aryl methyl sites for hydroxylation is 1. The van der Waals surface area contributed by atoms with Crippen molar-refractivity contribution >= 4 is 12.0 Å². The number of hydrogen-bond acceptors (Lipinski definition) is 4. The maximum absolute atomic E-state index is 12.5. The number of alkyl carbamates (subject to hydrolysis) is 1. The van der Waals surface area contributed by atoms with E-state index >= 15 is 0 Å². The second-order valence-electron chi connectivity index (χ2n) is 4.54. The molecule has 7 nitrogen and oxygen atoms in total. The Hall–Kier alpha value is -2.26. The predicted molar refractivity (Wildman–Crippen MR) is 70.0 cm³/mol. The summed E-state index contributed by atoms with van der Waals surface area (Å²) < 4.78 is 43.0. The molecule has 0 aliphatic carbocycles. The molecule has 2 N–H and O–H groups in total. The van der Waals surface area contributed by atoms with Gasteiger partial charge in [-0.15, -0.1) is 0 Å². The van der Waals surface area contributed by atoms with Crippen molar-refractivity contribution in [1.29, 1.82) is 0 Å². The quantitative estimate of drug-likeness (QED) is 0.849. The molecule has 10 heteroatoms. The summed E-state index contributed by atoms with van der Waals surface area (Å²) in [7, 11) is 1.17. The topological polar surface area (TPSA) is 85.2 Å². The maximum atomic E-state index is 12.5. The average Bonchev–Trinajstić information content (AvgIpc) is 2.80. The summed E-state index contributed by atoms with van der Waals surface area (Å²) in [4.78, 5) is 22.6. The Balaban J connectivity index is 2.49. The number of nitrogens with one attached hydrogen (secondary N) is 2. The minimum Gasteiger partial charge on any atom is -0.453 e. The second kappa shape index (κ2) is 7.14. The van der Waals surface area contributed by atoms with E-state index in [9.17, 15) is 22.8 Å². The third-order valence-electron chi connectivity index (χ3n) is 2.81. The van der Waals surface area contributed by atoms with Crippen LogP contribution in [-0.4, -0.2) is 41.5 Å². The third kappa shape index (κ3) is 4.93. The molecule has 1 heterocycles. The third-order valence-corrected chi connectivity index (χ3v) is 2.81. The first-order valence-corrected chi connectivity index (χ1v) is 6.39. The number of aromatic nitrogens is 2. The van der Waals surface area contributed by atoms with Gasteiger partial charge in [-0.25, -0.2) is 4.79 Å². The highest BCUT2D eigenvalue weighted by atomic mass is 19.4. The summed E-state index contributed by atoms with van der Waals surface area (Å²) in [5.74, 6) is -0.480. The fourth-order valence-corrected chi connectivity index (χ4v) is 1.61. The Morgan fingerprint density at radius 1 is 1.45 bits per heavy atom. The van der Waals surface area contributed by atoms with Crippen LogP contribution in [0.25, 0.3) is 0 Å². The lowest BCUT2D eigenvalue weighted by molar-refractivity contribution is -0.141. The molecule has 0 unspecified atom stereocenters. The Labute approximate surface area is 124 Å². The van der Waals surface area contributed by atoms with Gasteiger partial charge in [-0.3, -0.25) is 9.48 Å². The molecule has 0 spiro atoms. The molecule has 1 aromatic rings. The number of carbonyl (C=O) groups excluding carboxylic acids is 2. The van der Waals surface area contributed by atoms with Crippen LogP contribution in [0.3, 0.4) is 0 Å². The number of amides is 2. The van der Waals surface area contributed by atoms with Gasteiger partial charge in [0.2, 0.25) is 5.91 Å². The van der Waals surface area contributed by atoms with E-state index in [4.69, 9.17) is 0 Å². The van der Waals surface area contributed by atoms with Crippen molar-refractivity contribution in [2.45, 2.75) is 32.6 Å². The van der Waals surface area contributed by atoms with Crippen molar-refractivity contribution < 1.29 is 27.5 Å². The van der Waals surface area contributed by atoms with Crippen LogP contribution in [-0.2, 0) is 22.3 Å². The molecule has 0 saturated carbocycles. The molecule has 0 radical (unpaired) electrons. The highest BCUT2D eigenvalue weighted by Crippen LogP contribution is 2.28. The monoisotopic (exact) mass is 322 g/mol. The van der Waals surface area contributed by atoms with Crippen molar-refractivity contribution in [3.63, 3.8) is 0 Å². The van der Waals surface area contributed by atoms with E-state index in [0.717, 1.165) is 10.7 Å². The van der Waals surface area contributed by atoms with Gasteiger partial charge < -0.3 is 15.4 Å². The summed E-state index contributed by atoms with van der Waals surface area (Å²) in [5, 5.41) is 8.19. The van der Waals surface area contributed by atoms with E-state index in [1.54, 1.807) is 0 Å². The van der Waals surface area contributed by atoms with E-state index in [-0.39, 0.29) is 13.1 Å². The molecule has 0 saturated heterocycles. The summed E-state index contributed by atoms with van der Waals surface area (Å²) in [6, 6.07) is 0.111. The zero-order valence-corrected chi connectivity index (χ0v) is 12.3. The molecule has 0 fully saturated rings. The number of rotatable bonds is 5. The highest BCUT2D eigenvalue weighted by molar-refractivity contribution is 5.85. The van der Waals surface area contributed by atoms with E-state index < -0.39 is 29.9 Å². The molecule has 1 atom stereocenters. The van der Waals surface area contributed by atoms with Gasteiger partial charge in [0.15, 0.2) is 5.69 Å². The van der Waals surface area contributed by atoms with Gasteiger partial charge >= 0.3 is 12.3 Å². The molecule has 0 aliphatic heterocycles. The first-order valence-electron chi connectivity index (χ1n) is 6.39. The lowest BCUT2D eigenvalue weighted by atomic mass is 10.3. The van der Waals surface area contributed by atoms with Crippen LogP contribution in [0.15, 0.2) is 6.07 Å². The summed E-state index contributed by atoms with van der Waals surface area (Å²) in [6.07, 6.45) is -5.25. The molecule has 1 aromatic heterocycles. The Kier molecular flexibility index (Phi) is 5.77. The number of ether oxygens (including phenoxy) is 1. The molecule has 2 amide bonds. The molecule has 0 aromatic carbocycles. The summed E-state index contributed by atoms with van der Waals surface area (Å²) in [6.45, 7) is 3.10. The SMILES string of the molecule is COC(=O)N[C@@H](C)C(=O)NCCn1nc(C(F)(F)F)cc1C. The Morgan fingerprint density at radius 3 is 2.59 bits per heavy atom. The largest absolute Gasteiger partial charge is 0.453 e. The van der Waals surface area contributed by atoms with Crippen molar-refractivity contribution in [1.82, 2.24) is 20.4 Å². The van der Waals surface area contributed by atoms with Gasteiger partial charge in [0.25, 0.3) is 0 Å². The zero-order valence-electron chi connectivity index (χ0n) is 12.3. The molecule has 22 heavy (non-hydrogen) atoms. The maximum Gasteiger partial charge on any atom is 0.435 e. The molecule has 0 aliphatic rings. The van der Waals surface area contributed by atoms with Crippen LogP contribution in [0, 0.1) is 6.92 Å². The Bertz CT molecular complexity index is 542. The van der Waals surface area contributed by atoms with Gasteiger partial charge in [0.1, 0.15) is 6.04 Å². The number of alkyl halides is 3. The van der Waals surface area contributed by atoms with Gasteiger partial charge in [-0.05, 0) is 19.9 Å². The van der Waals surface area contributed by atoms with E-state index in [0.29, 0.717) is 5.69 Å². The van der Waals surface area contributed by atoms with Crippen LogP contribution in [0.5, 0.6) is 0 Å². The van der Waals surface area contributed by atoms with E-state index in [1.807, 2.05) is 0 Å². The summed E-state index contributed by atoms with van der Waals surface area (Å²) in [5.41, 5.74) is -0.639. The number of carbonyl (C=O) groups is 2. The van der Waals surface area contributed by atoms with E-state index in [2.05, 4.69) is 20.5 Å². The number of hydrogen-bond donors (Lipinski definition) is 2. The molecule has 0 bridgehead atoms. The minimum atomic E-state index is -4.50. The molecule has 124 valence electrons. The predicted octanol–water partition coefficient (Wildman–Crippen LogP) is 1.07. The number of methoxy groups -OCH3 is 1. The number of halogens is 3. The molecular weight excluding hydrogens is 305 g/mol. The summed E-state index contributed by atoms with van der Waals surface area (Å²) >= 11 is 0. The van der Waals surface area contributed by atoms with E-state index in [1.165, 1.54) is 21.0 Å². The van der Waals surface area contributed by atoms with Gasteiger partial charge in [0.05, 0.1) is 13.7 Å². The Morgan fingerprint density at radius 2 is 2.09 bits per heavy atom. The smallest absolute Gasteiger partial charge is 0.435 e. The lowest BCUT2D eigenvalue weighted by Crippen LogP contribution is -2.45. The van der Waals surface area contributed by atoms with Gasteiger partial charge in [0, 0.05) is 12.2 Å². The average molecular weight is 322 g/mol. The van der Waals surface area contributed by atoms with Crippen molar-refractivity contribution in [3.8, 4) is 0 Å². The standard InChI is InChI=1S/C12H17F3N4O3/c1-7-6-9(12(13,14)15)18-19(7)5-4-16-10(20)8(2)17-11(21)22-3/h6,8H,4-5H2,1-3H3,(H,16,20)(H,17,21)/t8-/m0/s1. The lowest BCUT2D eigenvalue weighted by Gasteiger charge is -2.13. The minimum absolute atomic E-state index is 0.0752. The van der Waals surface area contributed by atoms with Crippen LogP contribution < -0.4 is 10.6 Å². The van der Waals surface area contributed by atoms with Crippen LogP contribution in [0.2, 0.25) is 0 Å². The number of nitrogens with zero attached hydrogens (tertiary/aromatic N) is 2.